The fourth-order valence-corrected chi connectivity index (χ4v) is 3.62. The molecule has 1 aromatic rings. The molecule has 22 heavy (non-hydrogen) atoms. The van der Waals surface area contributed by atoms with E-state index in [9.17, 15) is 5.11 Å². The van der Waals surface area contributed by atoms with E-state index in [-0.39, 0.29) is 0 Å². The van der Waals surface area contributed by atoms with Crippen LogP contribution in [0.3, 0.4) is 0 Å². The molecule has 0 amide bonds. The van der Waals surface area contributed by atoms with Crippen molar-refractivity contribution >= 4 is 0 Å². The lowest BCUT2D eigenvalue weighted by Gasteiger charge is -2.32. The highest BCUT2D eigenvalue weighted by atomic mass is 16.5. The largest absolute Gasteiger partial charge is 0.389 e. The molecule has 0 bridgehead atoms. The van der Waals surface area contributed by atoms with Gasteiger partial charge in [0.2, 0.25) is 0 Å². The third-order valence-electron chi connectivity index (χ3n) is 4.71. The summed E-state index contributed by atoms with van der Waals surface area (Å²) in [5, 5.41) is 10.8. The van der Waals surface area contributed by atoms with Crippen molar-refractivity contribution < 1.29 is 9.84 Å². The van der Waals surface area contributed by atoms with Gasteiger partial charge in [-0.3, -0.25) is 4.90 Å². The van der Waals surface area contributed by atoms with Gasteiger partial charge in [-0.05, 0) is 30.4 Å². The number of rotatable bonds is 6. The quantitative estimate of drug-likeness (QED) is 0.819. The van der Waals surface area contributed by atoms with E-state index in [0.717, 1.165) is 65.0 Å². The summed E-state index contributed by atoms with van der Waals surface area (Å²) in [5.74, 6) is 0. The van der Waals surface area contributed by atoms with Gasteiger partial charge in [0.15, 0.2) is 0 Å². The monoisotopic (exact) mass is 301 g/mol. The number of ether oxygens (including phenoxy) is 1. The van der Waals surface area contributed by atoms with Crippen molar-refractivity contribution in [2.45, 2.75) is 44.2 Å². The normalized spacial score (nSPS) is 21.1. The number of hydrogen-bond donors (Lipinski definition) is 1. The Morgan fingerprint density at radius 2 is 1.86 bits per heavy atom. The molecule has 0 aromatic heterocycles. The van der Waals surface area contributed by atoms with Crippen molar-refractivity contribution in [3.8, 4) is 0 Å². The van der Waals surface area contributed by atoms with E-state index in [4.69, 9.17) is 4.74 Å². The Balaban J connectivity index is 1.68. The molecular weight excluding hydrogens is 274 g/mol. The lowest BCUT2D eigenvalue weighted by Crippen LogP contribution is -2.42. The summed E-state index contributed by atoms with van der Waals surface area (Å²) < 4.78 is 5.57. The molecule has 0 spiro atoms. The Labute approximate surface area is 133 Å². The molecule has 1 aliphatic heterocycles. The van der Waals surface area contributed by atoms with Crippen LogP contribution in [0.1, 0.15) is 37.7 Å². The van der Waals surface area contributed by atoms with Gasteiger partial charge in [0.25, 0.3) is 0 Å². The fraction of sp³-hybridized carbons (Fsp3) is 0.579. The standard InChI is InChI=1S/C19H27NO2/c21-19(10-4-5-11-19)16-20(13-17-7-2-1-3-8-17)14-18-9-6-12-22-15-18/h1-3,7-9,21H,4-6,10-16H2. The van der Waals surface area contributed by atoms with E-state index >= 15 is 0 Å². The molecule has 0 saturated heterocycles. The molecule has 120 valence electrons. The minimum Gasteiger partial charge on any atom is -0.389 e. The Morgan fingerprint density at radius 3 is 2.55 bits per heavy atom. The maximum atomic E-state index is 10.8. The van der Waals surface area contributed by atoms with Crippen LogP contribution in [0.15, 0.2) is 42.0 Å². The molecule has 1 fully saturated rings. The van der Waals surface area contributed by atoms with Gasteiger partial charge in [-0.15, -0.1) is 0 Å². The van der Waals surface area contributed by atoms with Gasteiger partial charge >= 0.3 is 0 Å². The fourth-order valence-electron chi connectivity index (χ4n) is 3.62. The first-order chi connectivity index (χ1) is 10.7. The highest BCUT2D eigenvalue weighted by Gasteiger charge is 2.33. The van der Waals surface area contributed by atoms with Crippen molar-refractivity contribution in [3.63, 3.8) is 0 Å². The van der Waals surface area contributed by atoms with E-state index in [1.165, 1.54) is 11.1 Å². The van der Waals surface area contributed by atoms with Crippen LogP contribution in [0.25, 0.3) is 0 Å². The first-order valence-corrected chi connectivity index (χ1v) is 8.48. The minimum atomic E-state index is -0.495. The number of aliphatic hydroxyl groups is 1. The van der Waals surface area contributed by atoms with Crippen LogP contribution in [0, 0.1) is 0 Å². The lowest BCUT2D eigenvalue weighted by molar-refractivity contribution is 0.00816. The summed E-state index contributed by atoms with van der Waals surface area (Å²) in [6.45, 7) is 4.13. The maximum Gasteiger partial charge on any atom is 0.0774 e. The highest BCUT2D eigenvalue weighted by Crippen LogP contribution is 2.31. The Kier molecular flexibility index (Phi) is 5.29. The number of nitrogens with zero attached hydrogens (tertiary/aromatic N) is 1. The molecule has 3 heteroatoms. The summed E-state index contributed by atoms with van der Waals surface area (Å²) in [4.78, 5) is 2.39. The summed E-state index contributed by atoms with van der Waals surface area (Å²) >= 11 is 0. The molecule has 1 saturated carbocycles. The Morgan fingerprint density at radius 1 is 1.09 bits per heavy atom. The molecule has 0 unspecified atom stereocenters. The van der Waals surface area contributed by atoms with Crippen LogP contribution in [-0.4, -0.2) is 41.9 Å². The Hall–Kier alpha value is -1.16. The van der Waals surface area contributed by atoms with E-state index < -0.39 is 5.60 Å². The van der Waals surface area contributed by atoms with Crippen LogP contribution in [0.2, 0.25) is 0 Å². The summed E-state index contributed by atoms with van der Waals surface area (Å²) in [5.41, 5.74) is 2.16. The van der Waals surface area contributed by atoms with Gasteiger partial charge in [-0.1, -0.05) is 49.2 Å². The Bertz CT molecular complexity index is 491. The average molecular weight is 301 g/mol. The van der Waals surface area contributed by atoms with Gasteiger partial charge in [-0.25, -0.2) is 0 Å². The molecule has 0 radical (unpaired) electrons. The second-order valence-corrected chi connectivity index (χ2v) is 6.77. The zero-order chi connectivity index (χ0) is 15.3. The van der Waals surface area contributed by atoms with Gasteiger partial charge < -0.3 is 9.84 Å². The number of hydrogen-bond acceptors (Lipinski definition) is 3. The topological polar surface area (TPSA) is 32.7 Å². The SMILES string of the molecule is OC1(CN(CC2=CCCOC2)Cc2ccccc2)CCCC1. The smallest absolute Gasteiger partial charge is 0.0774 e. The van der Waals surface area contributed by atoms with Crippen LogP contribution in [0.4, 0.5) is 0 Å². The molecule has 3 rings (SSSR count). The van der Waals surface area contributed by atoms with Crippen LogP contribution in [-0.2, 0) is 11.3 Å². The van der Waals surface area contributed by atoms with E-state index in [1.54, 1.807) is 0 Å². The maximum absolute atomic E-state index is 10.8. The average Bonchev–Trinajstić information content (AvgIpc) is 2.95. The second kappa shape index (κ2) is 7.40. The van der Waals surface area contributed by atoms with Crippen LogP contribution in [0.5, 0.6) is 0 Å². The molecule has 1 heterocycles. The predicted octanol–water partition coefficient (Wildman–Crippen LogP) is 3.14. The van der Waals surface area contributed by atoms with Gasteiger partial charge in [-0.2, -0.15) is 0 Å². The van der Waals surface area contributed by atoms with Crippen molar-refractivity contribution in [2.75, 3.05) is 26.3 Å². The zero-order valence-electron chi connectivity index (χ0n) is 13.3. The molecule has 1 aromatic carbocycles. The van der Waals surface area contributed by atoms with Crippen molar-refractivity contribution in [1.82, 2.24) is 4.90 Å². The predicted molar refractivity (Wildman–Crippen MR) is 88.7 cm³/mol. The van der Waals surface area contributed by atoms with Crippen LogP contribution >= 0.6 is 0 Å². The summed E-state index contributed by atoms with van der Waals surface area (Å²) in [7, 11) is 0. The van der Waals surface area contributed by atoms with E-state index in [1.807, 2.05) is 0 Å². The van der Waals surface area contributed by atoms with E-state index in [0.29, 0.717) is 0 Å². The molecular formula is C19H27NO2. The zero-order valence-corrected chi connectivity index (χ0v) is 13.3. The van der Waals surface area contributed by atoms with Crippen molar-refractivity contribution in [1.29, 1.82) is 0 Å². The summed E-state index contributed by atoms with van der Waals surface area (Å²) in [6.07, 6.45) is 7.50. The lowest BCUT2D eigenvalue weighted by atomic mass is 10.0. The van der Waals surface area contributed by atoms with Crippen LogP contribution < -0.4 is 0 Å². The second-order valence-electron chi connectivity index (χ2n) is 6.77. The van der Waals surface area contributed by atoms with Crippen molar-refractivity contribution in [2.24, 2.45) is 0 Å². The number of benzene rings is 1. The first kappa shape index (κ1) is 15.7. The third-order valence-corrected chi connectivity index (χ3v) is 4.71. The molecule has 3 nitrogen and oxygen atoms in total. The van der Waals surface area contributed by atoms with Crippen molar-refractivity contribution in [3.05, 3.63) is 47.5 Å². The minimum absolute atomic E-state index is 0.495. The highest BCUT2D eigenvalue weighted by molar-refractivity contribution is 5.16. The molecule has 0 atom stereocenters. The molecule has 1 N–H and O–H groups in total. The van der Waals surface area contributed by atoms with Gasteiger partial charge in [0.05, 0.1) is 18.8 Å². The third kappa shape index (κ3) is 4.42. The van der Waals surface area contributed by atoms with E-state index in [2.05, 4.69) is 41.3 Å². The first-order valence-electron chi connectivity index (χ1n) is 8.48. The summed E-state index contributed by atoms with van der Waals surface area (Å²) in [6, 6.07) is 10.5. The van der Waals surface area contributed by atoms with Gasteiger partial charge in [0.1, 0.15) is 0 Å². The molecule has 2 aliphatic rings. The molecule has 1 aliphatic carbocycles. The van der Waals surface area contributed by atoms with Gasteiger partial charge in [0, 0.05) is 19.6 Å².